The Hall–Kier alpha value is -2.95. The fourth-order valence-electron chi connectivity index (χ4n) is 3.28. The van der Waals surface area contributed by atoms with E-state index in [1.807, 2.05) is 30.1 Å². The summed E-state index contributed by atoms with van der Waals surface area (Å²) in [4.78, 5) is 13.6. The van der Waals surface area contributed by atoms with Gasteiger partial charge in [-0.15, -0.1) is 0 Å². The van der Waals surface area contributed by atoms with Gasteiger partial charge in [0.25, 0.3) is 0 Å². The quantitative estimate of drug-likeness (QED) is 0.758. The SMILES string of the molecule is C=Cn1c(=NC)c(-c2cnc(CCC)cc2C)cc2cnc(NC)cc21. The van der Waals surface area contributed by atoms with Crippen LogP contribution in [0.15, 0.2) is 42.2 Å². The number of aromatic nitrogens is 3. The molecule has 26 heavy (non-hydrogen) atoms. The predicted octanol–water partition coefficient (Wildman–Crippen LogP) is 4.03. The van der Waals surface area contributed by atoms with Crippen LogP contribution in [0.5, 0.6) is 0 Å². The van der Waals surface area contributed by atoms with Crippen molar-refractivity contribution in [2.75, 3.05) is 19.4 Å². The lowest BCUT2D eigenvalue weighted by molar-refractivity contribution is 0.880. The number of hydrogen-bond donors (Lipinski definition) is 1. The van der Waals surface area contributed by atoms with E-state index in [1.165, 1.54) is 5.56 Å². The van der Waals surface area contributed by atoms with Crippen LogP contribution in [0, 0.1) is 6.92 Å². The maximum atomic E-state index is 4.64. The second kappa shape index (κ2) is 7.52. The van der Waals surface area contributed by atoms with Crippen molar-refractivity contribution in [2.45, 2.75) is 26.7 Å². The third-order valence-corrected chi connectivity index (χ3v) is 4.55. The molecular formula is C21H25N5. The fraction of sp³-hybridized carbons (Fsp3) is 0.286. The van der Waals surface area contributed by atoms with Gasteiger partial charge in [-0.1, -0.05) is 19.9 Å². The second-order valence-corrected chi connectivity index (χ2v) is 6.28. The molecule has 3 heterocycles. The molecule has 0 aliphatic rings. The van der Waals surface area contributed by atoms with E-state index in [-0.39, 0.29) is 0 Å². The molecule has 5 nitrogen and oxygen atoms in total. The van der Waals surface area contributed by atoms with Crippen LogP contribution in [0.25, 0.3) is 28.2 Å². The van der Waals surface area contributed by atoms with E-state index in [4.69, 9.17) is 0 Å². The van der Waals surface area contributed by atoms with E-state index in [9.17, 15) is 0 Å². The number of pyridine rings is 3. The number of fused-ring (bicyclic) bond motifs is 1. The third-order valence-electron chi connectivity index (χ3n) is 4.55. The summed E-state index contributed by atoms with van der Waals surface area (Å²) in [5.74, 6) is 0.810. The molecule has 0 unspecified atom stereocenters. The van der Waals surface area contributed by atoms with Crippen molar-refractivity contribution in [1.29, 1.82) is 0 Å². The third kappa shape index (κ3) is 3.12. The van der Waals surface area contributed by atoms with E-state index in [1.54, 1.807) is 13.2 Å². The fourth-order valence-corrected chi connectivity index (χ4v) is 3.28. The molecule has 0 aromatic carbocycles. The Morgan fingerprint density at radius 3 is 2.62 bits per heavy atom. The highest BCUT2D eigenvalue weighted by molar-refractivity contribution is 5.86. The average molecular weight is 347 g/mol. The van der Waals surface area contributed by atoms with Gasteiger partial charge >= 0.3 is 0 Å². The normalized spacial score (nSPS) is 11.8. The zero-order valence-electron chi connectivity index (χ0n) is 15.9. The van der Waals surface area contributed by atoms with Gasteiger partial charge in [0.2, 0.25) is 0 Å². The van der Waals surface area contributed by atoms with E-state index in [0.717, 1.165) is 51.9 Å². The molecule has 0 spiro atoms. The molecule has 0 amide bonds. The van der Waals surface area contributed by atoms with Crippen LogP contribution >= 0.6 is 0 Å². The van der Waals surface area contributed by atoms with Gasteiger partial charge in [0.05, 0.1) is 5.52 Å². The molecule has 0 bridgehead atoms. The molecule has 3 rings (SSSR count). The largest absolute Gasteiger partial charge is 0.373 e. The molecule has 1 N–H and O–H groups in total. The van der Waals surface area contributed by atoms with Gasteiger partial charge in [0.15, 0.2) is 0 Å². The summed E-state index contributed by atoms with van der Waals surface area (Å²) in [6.07, 6.45) is 7.71. The molecule has 0 atom stereocenters. The lowest BCUT2D eigenvalue weighted by atomic mass is 10.0. The lowest BCUT2D eigenvalue weighted by Gasteiger charge is -2.14. The minimum atomic E-state index is 0.810. The molecule has 0 saturated carbocycles. The van der Waals surface area contributed by atoms with Crippen molar-refractivity contribution >= 4 is 22.9 Å². The number of rotatable bonds is 5. The number of aryl methyl sites for hydroxylation is 2. The van der Waals surface area contributed by atoms with Gasteiger partial charge in [-0.2, -0.15) is 0 Å². The van der Waals surface area contributed by atoms with Crippen LogP contribution in [0.2, 0.25) is 0 Å². The molecule has 0 aliphatic heterocycles. The first-order valence-electron chi connectivity index (χ1n) is 8.87. The zero-order valence-corrected chi connectivity index (χ0v) is 15.9. The Morgan fingerprint density at radius 2 is 2.00 bits per heavy atom. The Balaban J connectivity index is 2.32. The monoisotopic (exact) mass is 347 g/mol. The maximum absolute atomic E-state index is 4.64. The zero-order chi connectivity index (χ0) is 18.7. The molecule has 0 aliphatic carbocycles. The summed E-state index contributed by atoms with van der Waals surface area (Å²) < 4.78 is 2.01. The van der Waals surface area contributed by atoms with Crippen molar-refractivity contribution < 1.29 is 0 Å². The first kappa shape index (κ1) is 17.9. The minimum Gasteiger partial charge on any atom is -0.373 e. The number of hydrogen-bond acceptors (Lipinski definition) is 4. The van der Waals surface area contributed by atoms with Gasteiger partial charge in [0.1, 0.15) is 11.3 Å². The number of anilines is 1. The Bertz CT molecular complexity index is 1030. The van der Waals surface area contributed by atoms with E-state index >= 15 is 0 Å². The van der Waals surface area contributed by atoms with Gasteiger partial charge in [0, 0.05) is 61.0 Å². The first-order valence-corrected chi connectivity index (χ1v) is 8.87. The van der Waals surface area contributed by atoms with Crippen LogP contribution in [-0.2, 0) is 6.42 Å². The summed E-state index contributed by atoms with van der Waals surface area (Å²) in [7, 11) is 3.66. The first-order chi connectivity index (χ1) is 12.6. The summed E-state index contributed by atoms with van der Waals surface area (Å²) >= 11 is 0. The van der Waals surface area contributed by atoms with Crippen molar-refractivity contribution in [3.05, 3.63) is 53.9 Å². The van der Waals surface area contributed by atoms with Crippen LogP contribution in [-0.4, -0.2) is 28.6 Å². The maximum Gasteiger partial charge on any atom is 0.139 e. The smallest absolute Gasteiger partial charge is 0.139 e. The van der Waals surface area contributed by atoms with Crippen LogP contribution in [0.3, 0.4) is 0 Å². The molecule has 5 heteroatoms. The topological polar surface area (TPSA) is 55.1 Å². The highest BCUT2D eigenvalue weighted by Gasteiger charge is 2.12. The Labute approximate surface area is 154 Å². The van der Waals surface area contributed by atoms with Crippen molar-refractivity contribution in [1.82, 2.24) is 14.5 Å². The highest BCUT2D eigenvalue weighted by Crippen LogP contribution is 2.25. The van der Waals surface area contributed by atoms with Crippen LogP contribution in [0.1, 0.15) is 24.6 Å². The number of nitrogens with zero attached hydrogens (tertiary/aromatic N) is 4. The molecule has 0 fully saturated rings. The Morgan fingerprint density at radius 1 is 1.19 bits per heavy atom. The van der Waals surface area contributed by atoms with Crippen LogP contribution in [0.4, 0.5) is 5.82 Å². The molecular weight excluding hydrogens is 322 g/mol. The molecule has 3 aromatic rings. The molecule has 134 valence electrons. The van der Waals surface area contributed by atoms with E-state index < -0.39 is 0 Å². The summed E-state index contributed by atoms with van der Waals surface area (Å²) in [5, 5.41) is 4.11. The van der Waals surface area contributed by atoms with Crippen LogP contribution < -0.4 is 10.8 Å². The van der Waals surface area contributed by atoms with Crippen molar-refractivity contribution in [3.8, 4) is 11.1 Å². The number of nitrogens with one attached hydrogen (secondary N) is 1. The lowest BCUT2D eigenvalue weighted by Crippen LogP contribution is -2.20. The average Bonchev–Trinajstić information content (AvgIpc) is 2.66. The second-order valence-electron chi connectivity index (χ2n) is 6.28. The minimum absolute atomic E-state index is 0.810. The summed E-state index contributed by atoms with van der Waals surface area (Å²) in [6, 6.07) is 6.31. The van der Waals surface area contributed by atoms with E-state index in [2.05, 4.69) is 52.8 Å². The van der Waals surface area contributed by atoms with Gasteiger partial charge in [-0.3, -0.25) is 9.98 Å². The standard InChI is InChI=1S/C21H25N5/c1-6-8-16-9-14(3)18(13-24-16)17-10-15-12-25-20(22-4)11-19(15)26(7-2)21(17)23-5/h7,9-13H,2,6,8H2,1,3-5H3,(H,22,25). The summed E-state index contributed by atoms with van der Waals surface area (Å²) in [5.41, 5.74) is 6.31. The van der Waals surface area contributed by atoms with Gasteiger partial charge < -0.3 is 9.88 Å². The van der Waals surface area contributed by atoms with Gasteiger partial charge in [-0.25, -0.2) is 4.98 Å². The molecule has 0 saturated heterocycles. The van der Waals surface area contributed by atoms with Crippen molar-refractivity contribution in [2.24, 2.45) is 4.99 Å². The van der Waals surface area contributed by atoms with E-state index in [0.29, 0.717) is 0 Å². The van der Waals surface area contributed by atoms with Gasteiger partial charge in [-0.05, 0) is 31.0 Å². The summed E-state index contributed by atoms with van der Waals surface area (Å²) in [6.45, 7) is 8.28. The predicted molar refractivity (Wildman–Crippen MR) is 109 cm³/mol. The Kier molecular flexibility index (Phi) is 5.16. The molecule has 0 radical (unpaired) electrons. The molecule has 3 aromatic heterocycles. The highest BCUT2D eigenvalue weighted by atomic mass is 15.0. The van der Waals surface area contributed by atoms with Crippen molar-refractivity contribution in [3.63, 3.8) is 0 Å².